The van der Waals surface area contributed by atoms with Crippen molar-refractivity contribution in [2.24, 2.45) is 0 Å². The number of aryl methyl sites for hydroxylation is 2. The van der Waals surface area contributed by atoms with Crippen molar-refractivity contribution in [3.05, 3.63) is 21.8 Å². The lowest BCUT2D eigenvalue weighted by Crippen LogP contribution is -2.14. The van der Waals surface area contributed by atoms with Gasteiger partial charge in [-0.25, -0.2) is 0 Å². The normalized spacial score (nSPS) is 10.4. The molecule has 0 aliphatic rings. The summed E-state index contributed by atoms with van der Waals surface area (Å²) in [6.07, 6.45) is 0.206. The van der Waals surface area contributed by atoms with Gasteiger partial charge in [0.25, 0.3) is 0 Å². The maximum absolute atomic E-state index is 11.5. The van der Waals surface area contributed by atoms with Crippen LogP contribution in [-0.4, -0.2) is 21.3 Å². The smallest absolute Gasteiger partial charge is 0.232 e. The molecule has 0 aromatic carbocycles. The van der Waals surface area contributed by atoms with Crippen LogP contribution in [0.1, 0.15) is 15.8 Å². The first-order valence-electron chi connectivity index (χ1n) is 4.65. The topological polar surface area (TPSA) is 80.9 Å². The Labute approximate surface area is 95.7 Å². The summed E-state index contributed by atoms with van der Waals surface area (Å²) in [7, 11) is 0. The fourth-order valence-electron chi connectivity index (χ4n) is 1.16. The summed E-state index contributed by atoms with van der Waals surface area (Å²) in [5.41, 5.74) is 0. The first-order valence-corrected chi connectivity index (χ1v) is 5.47. The van der Waals surface area contributed by atoms with Crippen molar-refractivity contribution < 1.29 is 9.32 Å². The van der Waals surface area contributed by atoms with Crippen LogP contribution in [0.3, 0.4) is 0 Å². The van der Waals surface area contributed by atoms with Gasteiger partial charge in [0, 0.05) is 6.07 Å². The number of rotatable bonds is 3. The zero-order chi connectivity index (χ0) is 11.5. The van der Waals surface area contributed by atoms with Crippen LogP contribution >= 0.6 is 11.3 Å². The molecule has 0 aliphatic carbocycles. The lowest BCUT2D eigenvalue weighted by Gasteiger charge is -1.96. The van der Waals surface area contributed by atoms with Gasteiger partial charge in [0.2, 0.25) is 5.91 Å². The number of carbonyl (C=O) groups excluding carboxylic acids is 1. The average molecular weight is 238 g/mol. The SMILES string of the molecule is Cc1cc(NC(=O)Cc2nnc(C)s2)no1. The molecule has 1 amide bonds. The Morgan fingerprint density at radius 3 is 2.88 bits per heavy atom. The molecule has 0 fully saturated rings. The van der Waals surface area contributed by atoms with E-state index in [1.807, 2.05) is 6.92 Å². The Morgan fingerprint density at radius 2 is 2.31 bits per heavy atom. The first-order chi connectivity index (χ1) is 7.63. The number of hydrogen-bond donors (Lipinski definition) is 1. The number of nitrogens with zero attached hydrogens (tertiary/aromatic N) is 3. The van der Waals surface area contributed by atoms with Crippen LogP contribution in [0.4, 0.5) is 5.82 Å². The number of aromatic nitrogens is 3. The largest absolute Gasteiger partial charge is 0.360 e. The summed E-state index contributed by atoms with van der Waals surface area (Å²) in [5.74, 6) is 0.898. The number of carbonyl (C=O) groups is 1. The van der Waals surface area contributed by atoms with E-state index in [0.29, 0.717) is 16.6 Å². The molecule has 0 bridgehead atoms. The highest BCUT2D eigenvalue weighted by molar-refractivity contribution is 7.11. The van der Waals surface area contributed by atoms with Gasteiger partial charge in [-0.1, -0.05) is 5.16 Å². The van der Waals surface area contributed by atoms with Crippen molar-refractivity contribution in [2.75, 3.05) is 5.32 Å². The van der Waals surface area contributed by atoms with Gasteiger partial charge < -0.3 is 9.84 Å². The van der Waals surface area contributed by atoms with Crippen LogP contribution in [0.25, 0.3) is 0 Å². The second-order valence-corrected chi connectivity index (χ2v) is 4.53. The number of anilines is 1. The van der Waals surface area contributed by atoms with E-state index < -0.39 is 0 Å². The third-order valence-electron chi connectivity index (χ3n) is 1.78. The highest BCUT2D eigenvalue weighted by Crippen LogP contribution is 2.11. The quantitative estimate of drug-likeness (QED) is 0.872. The molecule has 0 spiro atoms. The van der Waals surface area contributed by atoms with Crippen LogP contribution in [0.2, 0.25) is 0 Å². The molecule has 0 radical (unpaired) electrons. The summed E-state index contributed by atoms with van der Waals surface area (Å²) in [4.78, 5) is 11.5. The summed E-state index contributed by atoms with van der Waals surface area (Å²) < 4.78 is 4.83. The van der Waals surface area contributed by atoms with Gasteiger partial charge in [0.05, 0.1) is 6.42 Å². The lowest BCUT2D eigenvalue weighted by atomic mass is 10.4. The Balaban J connectivity index is 1.94. The van der Waals surface area contributed by atoms with Crippen LogP contribution in [-0.2, 0) is 11.2 Å². The van der Waals surface area contributed by atoms with Crippen LogP contribution in [0, 0.1) is 13.8 Å². The number of nitrogens with one attached hydrogen (secondary N) is 1. The highest BCUT2D eigenvalue weighted by atomic mass is 32.1. The standard InChI is InChI=1S/C9H10N4O2S/c1-5-3-7(13-15-5)10-8(14)4-9-12-11-6(2)16-9/h3H,4H2,1-2H3,(H,10,13,14). The summed E-state index contributed by atoms with van der Waals surface area (Å²) in [5, 5.41) is 15.5. The Bertz CT molecular complexity index is 461. The van der Waals surface area contributed by atoms with Crippen molar-refractivity contribution in [1.29, 1.82) is 0 Å². The fourth-order valence-corrected chi connectivity index (χ4v) is 1.87. The molecule has 0 atom stereocenters. The summed E-state index contributed by atoms with van der Waals surface area (Å²) >= 11 is 1.40. The van der Waals surface area contributed by atoms with E-state index >= 15 is 0 Å². The van der Waals surface area contributed by atoms with Gasteiger partial charge in [-0.05, 0) is 13.8 Å². The minimum Gasteiger partial charge on any atom is -0.360 e. The Kier molecular flexibility index (Phi) is 2.95. The molecule has 6 nitrogen and oxygen atoms in total. The van der Waals surface area contributed by atoms with Crippen LogP contribution in [0.15, 0.2) is 10.6 Å². The molecule has 2 heterocycles. The van der Waals surface area contributed by atoms with Crippen molar-refractivity contribution >= 4 is 23.1 Å². The predicted octanol–water partition coefficient (Wildman–Crippen LogP) is 1.32. The van der Waals surface area contributed by atoms with Gasteiger partial charge in [-0.2, -0.15) is 0 Å². The lowest BCUT2D eigenvalue weighted by molar-refractivity contribution is -0.115. The number of hydrogen-bond acceptors (Lipinski definition) is 6. The van der Waals surface area contributed by atoms with Crippen LogP contribution < -0.4 is 5.32 Å². The zero-order valence-electron chi connectivity index (χ0n) is 8.85. The van der Waals surface area contributed by atoms with Gasteiger partial charge in [-0.15, -0.1) is 21.5 Å². The summed E-state index contributed by atoms with van der Waals surface area (Å²) in [6, 6.07) is 1.66. The van der Waals surface area contributed by atoms with E-state index in [-0.39, 0.29) is 12.3 Å². The van der Waals surface area contributed by atoms with E-state index in [0.717, 1.165) is 5.01 Å². The molecular weight excluding hydrogens is 228 g/mol. The average Bonchev–Trinajstić information content (AvgIpc) is 2.76. The van der Waals surface area contributed by atoms with E-state index in [1.54, 1.807) is 13.0 Å². The molecule has 0 saturated heterocycles. The van der Waals surface area contributed by atoms with E-state index in [1.165, 1.54) is 11.3 Å². The summed E-state index contributed by atoms with van der Waals surface area (Å²) in [6.45, 7) is 3.61. The molecule has 1 N–H and O–H groups in total. The zero-order valence-corrected chi connectivity index (χ0v) is 9.67. The molecule has 2 rings (SSSR count). The molecule has 7 heteroatoms. The van der Waals surface area contributed by atoms with Gasteiger partial charge in [0.1, 0.15) is 15.8 Å². The van der Waals surface area contributed by atoms with E-state index in [2.05, 4.69) is 20.7 Å². The monoisotopic (exact) mass is 238 g/mol. The fraction of sp³-hybridized carbons (Fsp3) is 0.333. The molecule has 16 heavy (non-hydrogen) atoms. The molecule has 84 valence electrons. The van der Waals surface area contributed by atoms with E-state index in [4.69, 9.17) is 4.52 Å². The van der Waals surface area contributed by atoms with E-state index in [9.17, 15) is 4.79 Å². The highest BCUT2D eigenvalue weighted by Gasteiger charge is 2.09. The first kappa shape index (κ1) is 10.7. The Morgan fingerprint density at radius 1 is 1.50 bits per heavy atom. The minimum absolute atomic E-state index is 0.176. The predicted molar refractivity (Wildman–Crippen MR) is 58.2 cm³/mol. The third-order valence-corrected chi connectivity index (χ3v) is 2.61. The molecule has 2 aromatic heterocycles. The van der Waals surface area contributed by atoms with Crippen molar-refractivity contribution in [3.63, 3.8) is 0 Å². The van der Waals surface area contributed by atoms with Gasteiger partial charge >= 0.3 is 0 Å². The van der Waals surface area contributed by atoms with Gasteiger partial charge in [-0.3, -0.25) is 4.79 Å². The second-order valence-electron chi connectivity index (χ2n) is 3.26. The van der Waals surface area contributed by atoms with Crippen molar-refractivity contribution in [3.8, 4) is 0 Å². The molecule has 0 saturated carbocycles. The van der Waals surface area contributed by atoms with Crippen LogP contribution in [0.5, 0.6) is 0 Å². The van der Waals surface area contributed by atoms with Crippen molar-refractivity contribution in [1.82, 2.24) is 15.4 Å². The van der Waals surface area contributed by atoms with Crippen molar-refractivity contribution in [2.45, 2.75) is 20.3 Å². The molecular formula is C9H10N4O2S. The maximum atomic E-state index is 11.5. The number of amides is 1. The van der Waals surface area contributed by atoms with Gasteiger partial charge in [0.15, 0.2) is 5.82 Å². The minimum atomic E-state index is -0.176. The second kappa shape index (κ2) is 4.40. The molecule has 2 aromatic rings. The molecule has 0 aliphatic heterocycles. The molecule has 0 unspecified atom stereocenters. The third kappa shape index (κ3) is 2.63. The Hall–Kier alpha value is -1.76. The maximum Gasteiger partial charge on any atom is 0.232 e.